The largest absolute Gasteiger partial charge is 0.508 e. The van der Waals surface area contributed by atoms with Gasteiger partial charge in [0.05, 0.1) is 28.9 Å². The molecule has 4 aliphatic rings. The van der Waals surface area contributed by atoms with Crippen LogP contribution >= 0.6 is 23.2 Å². The number of anilines is 3. The third-order valence-corrected chi connectivity index (χ3v) is 12.6. The molecule has 8 rings (SSSR count). The highest BCUT2D eigenvalue weighted by Crippen LogP contribution is 2.66. The van der Waals surface area contributed by atoms with E-state index < -0.39 is 98.2 Å². The van der Waals surface area contributed by atoms with Crippen molar-refractivity contribution in [3.8, 4) is 5.75 Å². The van der Waals surface area contributed by atoms with Gasteiger partial charge in [-0.15, -0.1) is 23.2 Å². The Balaban J connectivity index is 1.17. The summed E-state index contributed by atoms with van der Waals surface area (Å²) >= 11 is 14.3. The molecule has 6 atom stereocenters. The number of imide groups is 2. The van der Waals surface area contributed by atoms with Gasteiger partial charge >= 0.3 is 0 Å². The number of hydrogen-bond donors (Lipinski definition) is 1. The average Bonchev–Trinajstić information content (AvgIpc) is 3.53. The van der Waals surface area contributed by atoms with Gasteiger partial charge < -0.3 is 10.0 Å². The molecule has 2 aliphatic heterocycles. The van der Waals surface area contributed by atoms with Crippen molar-refractivity contribution >= 4 is 75.3 Å². The van der Waals surface area contributed by atoms with Crippen LogP contribution in [0.3, 0.4) is 0 Å². The third-order valence-electron chi connectivity index (χ3n) is 11.2. The number of benzene rings is 4. The molecule has 17 heteroatoms. The second-order valence-electron chi connectivity index (χ2n) is 14.4. The Bertz CT molecular complexity index is 2460. The summed E-state index contributed by atoms with van der Waals surface area (Å²) in [6, 6.07) is 18.8. The van der Waals surface area contributed by atoms with Crippen LogP contribution in [0.5, 0.6) is 5.75 Å². The number of nitrogens with zero attached hydrogens (tertiary/aromatic N) is 5. The summed E-state index contributed by atoms with van der Waals surface area (Å²) in [6.07, 6.45) is 0.874. The highest BCUT2D eigenvalue weighted by molar-refractivity contribution is 6.58. The number of allylic oxidation sites excluding steroid dienone is 2. The fourth-order valence-corrected chi connectivity index (χ4v) is 9.44. The molecule has 0 aromatic heterocycles. The number of phenols is 1. The van der Waals surface area contributed by atoms with E-state index in [-0.39, 0.29) is 33.9 Å². The number of rotatable bonds is 6. The fraction of sp³-hybridized carbons (Fsp3) is 0.250. The van der Waals surface area contributed by atoms with Crippen molar-refractivity contribution in [3.05, 3.63) is 119 Å². The number of carbonyl (C=O) groups excluding carboxylic acids is 4. The number of halogens is 7. The van der Waals surface area contributed by atoms with Crippen LogP contribution in [0.2, 0.25) is 0 Å². The first-order chi connectivity index (χ1) is 27.0. The van der Waals surface area contributed by atoms with E-state index in [0.717, 1.165) is 10.6 Å². The molecule has 6 unspecified atom stereocenters. The Kier molecular flexibility index (Phi) is 9.04. The van der Waals surface area contributed by atoms with Crippen molar-refractivity contribution in [2.75, 3.05) is 28.8 Å². The fourth-order valence-electron chi connectivity index (χ4n) is 8.50. The molecule has 2 heterocycles. The maximum absolute atomic E-state index is 15.3. The van der Waals surface area contributed by atoms with Gasteiger partial charge in [0, 0.05) is 25.7 Å². The summed E-state index contributed by atoms with van der Waals surface area (Å²) in [5.74, 6) is -21.9. The van der Waals surface area contributed by atoms with Crippen molar-refractivity contribution in [2.45, 2.75) is 28.5 Å². The number of aromatic hydroxyl groups is 1. The standard InChI is InChI=1S/C40H28Cl2F5N5O5/c1-50(2)21-10-6-19(7-11-21)48-49-20-8-12-22(13-9-20)51-35(54)25-15-14-24-26(27(25)36(51)55)17-39(41)37(56)52(34-32(46)30(44)29(43)31(45)33(34)47)38(57)40(39,42)28(24)18-4-3-5-23(53)16-18/h3-14,16,25-28,53H,15,17H2,1-2H3. The maximum atomic E-state index is 15.3. The van der Waals surface area contributed by atoms with Gasteiger partial charge in [0.15, 0.2) is 33.0 Å². The second kappa shape index (κ2) is 13.5. The minimum Gasteiger partial charge on any atom is -0.508 e. The van der Waals surface area contributed by atoms with E-state index in [0.29, 0.717) is 11.4 Å². The lowest BCUT2D eigenvalue weighted by Crippen LogP contribution is -2.60. The second-order valence-corrected chi connectivity index (χ2v) is 15.7. The highest BCUT2D eigenvalue weighted by atomic mass is 35.5. The van der Waals surface area contributed by atoms with Crippen LogP contribution in [0, 0.1) is 46.8 Å². The van der Waals surface area contributed by atoms with Crippen LogP contribution in [-0.2, 0) is 19.2 Å². The summed E-state index contributed by atoms with van der Waals surface area (Å²) in [7, 11) is 3.81. The zero-order chi connectivity index (χ0) is 40.9. The Morgan fingerprint density at radius 1 is 0.737 bits per heavy atom. The molecule has 292 valence electrons. The van der Waals surface area contributed by atoms with Gasteiger partial charge in [0.25, 0.3) is 11.8 Å². The van der Waals surface area contributed by atoms with E-state index >= 15 is 8.78 Å². The minimum atomic E-state index is -2.70. The lowest BCUT2D eigenvalue weighted by atomic mass is 9.56. The average molecular weight is 825 g/mol. The summed E-state index contributed by atoms with van der Waals surface area (Å²) in [6.45, 7) is 0. The molecule has 57 heavy (non-hydrogen) atoms. The van der Waals surface area contributed by atoms with Crippen molar-refractivity contribution in [1.82, 2.24) is 0 Å². The van der Waals surface area contributed by atoms with E-state index in [1.165, 1.54) is 36.4 Å². The molecule has 4 amide bonds. The number of phenolic OH excluding ortho intramolecular Hbond substituents is 1. The number of azo groups is 1. The zero-order valence-electron chi connectivity index (χ0n) is 29.7. The smallest absolute Gasteiger partial charge is 0.258 e. The van der Waals surface area contributed by atoms with Gasteiger partial charge in [-0.25, -0.2) is 26.9 Å². The van der Waals surface area contributed by atoms with Gasteiger partial charge in [0.2, 0.25) is 17.6 Å². The monoisotopic (exact) mass is 823 g/mol. The van der Waals surface area contributed by atoms with Crippen LogP contribution < -0.4 is 14.7 Å². The highest BCUT2D eigenvalue weighted by Gasteiger charge is 2.77. The number of fused-ring (bicyclic) bond motifs is 4. The summed E-state index contributed by atoms with van der Waals surface area (Å²) in [5.41, 5.74) is 0.651. The maximum Gasteiger partial charge on any atom is 0.258 e. The minimum absolute atomic E-state index is 0.0441. The quantitative estimate of drug-likeness (QED) is 0.0397. The zero-order valence-corrected chi connectivity index (χ0v) is 31.2. The van der Waals surface area contributed by atoms with Crippen LogP contribution in [0.25, 0.3) is 0 Å². The topological polar surface area (TPSA) is 123 Å². The number of amides is 4. The van der Waals surface area contributed by atoms with E-state index in [4.69, 9.17) is 23.2 Å². The summed E-state index contributed by atoms with van der Waals surface area (Å²) in [5, 5.41) is 18.9. The Morgan fingerprint density at radius 2 is 1.32 bits per heavy atom. The van der Waals surface area contributed by atoms with E-state index in [1.807, 2.05) is 31.1 Å². The van der Waals surface area contributed by atoms with E-state index in [2.05, 4.69) is 10.2 Å². The normalized spacial score (nSPS) is 26.9. The van der Waals surface area contributed by atoms with Gasteiger partial charge in [-0.3, -0.25) is 24.1 Å². The molecule has 2 aliphatic carbocycles. The third kappa shape index (κ3) is 5.49. The molecule has 4 aromatic carbocycles. The lowest BCUT2D eigenvalue weighted by Gasteiger charge is -2.50. The number of hydrogen-bond acceptors (Lipinski definition) is 8. The summed E-state index contributed by atoms with van der Waals surface area (Å²) in [4.78, 5) is 54.4. The van der Waals surface area contributed by atoms with Crippen molar-refractivity contribution < 1.29 is 46.2 Å². The summed E-state index contributed by atoms with van der Waals surface area (Å²) < 4.78 is 73.5. The molecule has 0 bridgehead atoms. The Hall–Kier alpha value is -5.67. The van der Waals surface area contributed by atoms with Crippen molar-refractivity contribution in [3.63, 3.8) is 0 Å². The molecule has 0 spiro atoms. The molecular weight excluding hydrogens is 796 g/mol. The van der Waals surface area contributed by atoms with Gasteiger partial charge in [-0.2, -0.15) is 10.2 Å². The first kappa shape index (κ1) is 38.2. The Morgan fingerprint density at radius 3 is 1.89 bits per heavy atom. The molecule has 3 fully saturated rings. The molecule has 4 aromatic rings. The van der Waals surface area contributed by atoms with E-state index in [1.54, 1.807) is 30.3 Å². The first-order valence-corrected chi connectivity index (χ1v) is 18.2. The van der Waals surface area contributed by atoms with Crippen molar-refractivity contribution in [1.29, 1.82) is 0 Å². The van der Waals surface area contributed by atoms with Crippen molar-refractivity contribution in [2.24, 2.45) is 28.0 Å². The van der Waals surface area contributed by atoms with Gasteiger partial charge in [-0.1, -0.05) is 23.8 Å². The molecule has 1 saturated carbocycles. The lowest BCUT2D eigenvalue weighted by molar-refractivity contribution is -0.125. The molecular formula is C40H28Cl2F5N5O5. The number of alkyl halides is 2. The van der Waals surface area contributed by atoms with Gasteiger partial charge in [-0.05, 0) is 85.0 Å². The molecule has 2 saturated heterocycles. The molecule has 0 radical (unpaired) electrons. The van der Waals surface area contributed by atoms with Crippen LogP contribution in [-0.4, -0.2) is 52.6 Å². The predicted octanol–water partition coefficient (Wildman–Crippen LogP) is 8.34. The SMILES string of the molecule is CN(C)c1ccc(N=Nc2ccc(N3C(=O)C4CC=C5C(CC6(Cl)C(=O)N(c7c(F)c(F)c(F)c(F)c7F)C(=O)C6(Cl)C5c5cccc(O)c5)C4C3=O)cc2)cc1. The number of carbonyl (C=O) groups is 4. The molecule has 10 nitrogen and oxygen atoms in total. The van der Waals surface area contributed by atoms with Gasteiger partial charge in [0.1, 0.15) is 11.4 Å². The van der Waals surface area contributed by atoms with Crippen LogP contribution in [0.4, 0.5) is 50.4 Å². The predicted molar refractivity (Wildman–Crippen MR) is 198 cm³/mol. The van der Waals surface area contributed by atoms with E-state index in [9.17, 15) is 37.5 Å². The first-order valence-electron chi connectivity index (χ1n) is 17.4. The molecule has 1 N–H and O–H groups in total. The van der Waals surface area contributed by atoms with Crippen LogP contribution in [0.1, 0.15) is 24.3 Å². The van der Waals surface area contributed by atoms with Crippen LogP contribution in [0.15, 0.2) is 94.7 Å². The Labute approximate surface area is 330 Å².